The average Bonchev–Trinajstić information content (AvgIpc) is 3.22. The minimum absolute atomic E-state index is 0.0843. The second-order valence-corrected chi connectivity index (χ2v) is 6.51. The number of hydrogen-bond acceptors (Lipinski definition) is 3. The molecule has 5 nitrogen and oxygen atoms in total. The van der Waals surface area contributed by atoms with E-state index in [0.717, 1.165) is 22.6 Å². The fourth-order valence-electron chi connectivity index (χ4n) is 3.21. The Morgan fingerprint density at radius 3 is 2.52 bits per heavy atom. The molecule has 5 heteroatoms. The fourth-order valence-corrected chi connectivity index (χ4v) is 3.21. The Hall–Kier alpha value is -3.05. The molecule has 1 aliphatic heterocycles. The van der Waals surface area contributed by atoms with Crippen molar-refractivity contribution < 1.29 is 13.9 Å². The number of hydrogen-bond donors (Lipinski definition) is 1. The summed E-state index contributed by atoms with van der Waals surface area (Å²) in [5, 5.41) is 2.94. The van der Waals surface area contributed by atoms with Crippen molar-refractivity contribution in [3.8, 4) is 11.3 Å². The first-order valence-electron chi connectivity index (χ1n) is 9.13. The van der Waals surface area contributed by atoms with Crippen LogP contribution in [0.5, 0.6) is 0 Å². The SMILES string of the molecule is O=C(NCc1ccc(-c2ccccc2)o1)N1CCO[C@@H](c2ccccc2)C1. The number of ether oxygens (including phenoxy) is 1. The van der Waals surface area contributed by atoms with Gasteiger partial charge < -0.3 is 19.4 Å². The second-order valence-electron chi connectivity index (χ2n) is 6.51. The number of carbonyl (C=O) groups excluding carboxylic acids is 1. The number of carbonyl (C=O) groups is 1. The predicted octanol–water partition coefficient (Wildman–Crippen LogP) is 4.23. The van der Waals surface area contributed by atoms with Gasteiger partial charge in [-0.15, -0.1) is 0 Å². The van der Waals surface area contributed by atoms with E-state index in [2.05, 4.69) is 5.32 Å². The van der Waals surface area contributed by atoms with Gasteiger partial charge in [0.25, 0.3) is 0 Å². The summed E-state index contributed by atoms with van der Waals surface area (Å²) in [5.74, 6) is 1.53. The number of rotatable bonds is 4. The standard InChI is InChI=1S/C22H22N2O3/c25-22(24-13-14-26-21(16-24)18-9-5-2-6-10-18)23-15-19-11-12-20(27-19)17-7-3-1-4-8-17/h1-12,21H,13-16H2,(H,23,25)/t21-/m1/s1. The number of urea groups is 1. The van der Waals surface area contributed by atoms with Crippen LogP contribution in [0.15, 0.2) is 77.2 Å². The van der Waals surface area contributed by atoms with Crippen LogP contribution in [0.2, 0.25) is 0 Å². The van der Waals surface area contributed by atoms with Crippen molar-refractivity contribution in [1.29, 1.82) is 0 Å². The van der Waals surface area contributed by atoms with Crippen molar-refractivity contribution >= 4 is 6.03 Å². The Bertz CT molecular complexity index is 877. The third-order valence-corrected chi connectivity index (χ3v) is 4.66. The van der Waals surface area contributed by atoms with E-state index in [1.165, 1.54) is 0 Å². The molecule has 0 aliphatic carbocycles. The van der Waals surface area contributed by atoms with E-state index in [0.29, 0.717) is 26.2 Å². The number of nitrogens with one attached hydrogen (secondary N) is 1. The molecule has 2 amide bonds. The highest BCUT2D eigenvalue weighted by molar-refractivity contribution is 5.74. The summed E-state index contributed by atoms with van der Waals surface area (Å²) in [6, 6.07) is 23.6. The molecule has 0 spiro atoms. The Balaban J connectivity index is 1.33. The van der Waals surface area contributed by atoms with Crippen LogP contribution in [0, 0.1) is 0 Å². The molecule has 4 rings (SSSR count). The van der Waals surface area contributed by atoms with Gasteiger partial charge in [0.15, 0.2) is 0 Å². The van der Waals surface area contributed by atoms with Crippen LogP contribution in [0.3, 0.4) is 0 Å². The molecular weight excluding hydrogens is 340 g/mol. The van der Waals surface area contributed by atoms with E-state index in [1.807, 2.05) is 72.8 Å². The van der Waals surface area contributed by atoms with Crippen LogP contribution < -0.4 is 5.32 Å². The van der Waals surface area contributed by atoms with Gasteiger partial charge in [0.2, 0.25) is 0 Å². The minimum Gasteiger partial charge on any atom is -0.459 e. The lowest BCUT2D eigenvalue weighted by Crippen LogP contribution is -2.46. The first-order valence-corrected chi connectivity index (χ1v) is 9.13. The van der Waals surface area contributed by atoms with Gasteiger partial charge in [-0.3, -0.25) is 0 Å². The summed E-state index contributed by atoms with van der Waals surface area (Å²) >= 11 is 0. The maximum atomic E-state index is 12.5. The molecule has 1 fully saturated rings. The van der Waals surface area contributed by atoms with Gasteiger partial charge in [0.05, 0.1) is 19.7 Å². The zero-order chi connectivity index (χ0) is 18.5. The first kappa shape index (κ1) is 17.4. The van der Waals surface area contributed by atoms with Gasteiger partial charge in [-0.05, 0) is 17.7 Å². The smallest absolute Gasteiger partial charge is 0.317 e. The molecule has 1 aliphatic rings. The zero-order valence-electron chi connectivity index (χ0n) is 15.0. The third-order valence-electron chi connectivity index (χ3n) is 4.66. The van der Waals surface area contributed by atoms with E-state index < -0.39 is 0 Å². The molecule has 2 heterocycles. The molecule has 0 unspecified atom stereocenters. The Labute approximate surface area is 158 Å². The number of nitrogens with zero attached hydrogens (tertiary/aromatic N) is 1. The molecule has 1 aromatic heterocycles. The molecule has 3 aromatic rings. The number of amides is 2. The van der Waals surface area contributed by atoms with Gasteiger partial charge in [-0.1, -0.05) is 60.7 Å². The molecule has 27 heavy (non-hydrogen) atoms. The van der Waals surface area contributed by atoms with E-state index in [9.17, 15) is 4.79 Å². The minimum atomic E-state index is -0.100. The van der Waals surface area contributed by atoms with Crippen molar-refractivity contribution in [2.24, 2.45) is 0 Å². The van der Waals surface area contributed by atoms with E-state index in [4.69, 9.17) is 9.15 Å². The van der Waals surface area contributed by atoms with Crippen molar-refractivity contribution in [3.05, 3.63) is 84.1 Å². The highest BCUT2D eigenvalue weighted by Gasteiger charge is 2.25. The lowest BCUT2D eigenvalue weighted by Gasteiger charge is -2.33. The van der Waals surface area contributed by atoms with Crippen LogP contribution >= 0.6 is 0 Å². The second kappa shape index (κ2) is 8.10. The molecular formula is C22H22N2O3. The van der Waals surface area contributed by atoms with Crippen LogP contribution in [-0.2, 0) is 11.3 Å². The Kier molecular flexibility index (Phi) is 5.21. The Morgan fingerprint density at radius 2 is 1.74 bits per heavy atom. The van der Waals surface area contributed by atoms with Gasteiger partial charge in [0, 0.05) is 12.1 Å². The maximum Gasteiger partial charge on any atom is 0.317 e. The molecule has 1 saturated heterocycles. The summed E-state index contributed by atoms with van der Waals surface area (Å²) in [4.78, 5) is 14.3. The highest BCUT2D eigenvalue weighted by atomic mass is 16.5. The van der Waals surface area contributed by atoms with E-state index in [1.54, 1.807) is 4.90 Å². The fraction of sp³-hybridized carbons (Fsp3) is 0.227. The van der Waals surface area contributed by atoms with Crippen LogP contribution in [0.4, 0.5) is 4.79 Å². The molecule has 0 radical (unpaired) electrons. The molecule has 1 atom stereocenters. The average molecular weight is 362 g/mol. The zero-order valence-corrected chi connectivity index (χ0v) is 15.0. The predicted molar refractivity (Wildman–Crippen MR) is 103 cm³/mol. The van der Waals surface area contributed by atoms with Crippen molar-refractivity contribution in [2.45, 2.75) is 12.6 Å². The number of furan rings is 1. The van der Waals surface area contributed by atoms with Gasteiger partial charge >= 0.3 is 6.03 Å². The first-order chi connectivity index (χ1) is 13.3. The van der Waals surface area contributed by atoms with Crippen molar-refractivity contribution in [3.63, 3.8) is 0 Å². The molecule has 0 saturated carbocycles. The summed E-state index contributed by atoms with van der Waals surface area (Å²) in [5.41, 5.74) is 2.11. The maximum absolute atomic E-state index is 12.5. The van der Waals surface area contributed by atoms with Gasteiger partial charge in [-0.25, -0.2) is 4.79 Å². The normalized spacial score (nSPS) is 16.9. The van der Waals surface area contributed by atoms with Crippen molar-refractivity contribution in [2.75, 3.05) is 19.7 Å². The lowest BCUT2D eigenvalue weighted by atomic mass is 10.1. The van der Waals surface area contributed by atoms with E-state index >= 15 is 0 Å². The molecule has 1 N–H and O–H groups in total. The summed E-state index contributed by atoms with van der Waals surface area (Å²) in [7, 11) is 0. The monoisotopic (exact) mass is 362 g/mol. The molecule has 2 aromatic carbocycles. The number of morpholine rings is 1. The third kappa shape index (κ3) is 4.20. The summed E-state index contributed by atoms with van der Waals surface area (Å²) < 4.78 is 11.7. The van der Waals surface area contributed by atoms with Gasteiger partial charge in [0.1, 0.15) is 17.6 Å². The summed E-state index contributed by atoms with van der Waals surface area (Å²) in [6.45, 7) is 2.02. The summed E-state index contributed by atoms with van der Waals surface area (Å²) in [6.07, 6.45) is -0.0843. The topological polar surface area (TPSA) is 54.7 Å². The van der Waals surface area contributed by atoms with Crippen LogP contribution in [0.1, 0.15) is 17.4 Å². The highest BCUT2D eigenvalue weighted by Crippen LogP contribution is 2.23. The largest absolute Gasteiger partial charge is 0.459 e. The van der Waals surface area contributed by atoms with Gasteiger partial charge in [-0.2, -0.15) is 0 Å². The quantitative estimate of drug-likeness (QED) is 0.756. The van der Waals surface area contributed by atoms with Crippen LogP contribution in [-0.4, -0.2) is 30.6 Å². The van der Waals surface area contributed by atoms with E-state index in [-0.39, 0.29) is 12.1 Å². The Morgan fingerprint density at radius 1 is 1.00 bits per heavy atom. The molecule has 138 valence electrons. The molecule has 0 bridgehead atoms. The lowest BCUT2D eigenvalue weighted by molar-refractivity contribution is -0.0155. The van der Waals surface area contributed by atoms with Crippen LogP contribution in [0.25, 0.3) is 11.3 Å². The number of benzene rings is 2. The van der Waals surface area contributed by atoms with Crippen molar-refractivity contribution in [1.82, 2.24) is 10.2 Å².